The van der Waals surface area contributed by atoms with Crippen LogP contribution < -0.4 is 0 Å². The number of epoxide rings is 1. The van der Waals surface area contributed by atoms with Crippen molar-refractivity contribution in [3.63, 3.8) is 0 Å². The molecule has 1 aliphatic carbocycles. The fourth-order valence-electron chi connectivity index (χ4n) is 4.19. The number of rotatable bonds is 6. The first-order valence-corrected chi connectivity index (χ1v) is 11.2. The van der Waals surface area contributed by atoms with Crippen LogP contribution in [-0.4, -0.2) is 12.7 Å². The molecular weight excluding hydrogens is 433 g/mol. The summed E-state index contributed by atoms with van der Waals surface area (Å²) < 4.78 is 49.2. The van der Waals surface area contributed by atoms with Crippen molar-refractivity contribution < 1.29 is 17.9 Å². The molecule has 1 heterocycles. The van der Waals surface area contributed by atoms with Crippen LogP contribution in [0.5, 0.6) is 0 Å². The molecule has 0 aromatic heterocycles. The molecule has 2 atom stereocenters. The van der Waals surface area contributed by atoms with Crippen LogP contribution in [0.15, 0.2) is 96.9 Å². The molecular formula is C30H23F3O. The normalized spacial score (nSPS) is 19.6. The Morgan fingerprint density at radius 3 is 1.82 bits per heavy atom. The topological polar surface area (TPSA) is 12.5 Å². The molecule has 1 nitrogen and oxygen atoms in total. The van der Waals surface area contributed by atoms with Gasteiger partial charge in [-0.25, -0.2) is 13.2 Å². The molecule has 0 bridgehead atoms. The molecule has 0 radical (unpaired) electrons. The van der Waals surface area contributed by atoms with Crippen molar-refractivity contribution in [2.24, 2.45) is 5.92 Å². The van der Waals surface area contributed by atoms with Crippen LogP contribution in [0.4, 0.5) is 13.2 Å². The molecule has 170 valence electrons. The van der Waals surface area contributed by atoms with Crippen LogP contribution in [0.3, 0.4) is 0 Å². The van der Waals surface area contributed by atoms with Gasteiger partial charge in [-0.15, -0.1) is 0 Å². The van der Waals surface area contributed by atoms with E-state index in [9.17, 15) is 13.2 Å². The summed E-state index contributed by atoms with van der Waals surface area (Å²) in [7, 11) is 0. The van der Waals surface area contributed by atoms with E-state index in [0.29, 0.717) is 24.2 Å². The van der Waals surface area contributed by atoms with E-state index in [1.54, 1.807) is 48.6 Å². The van der Waals surface area contributed by atoms with E-state index < -0.39 is 11.6 Å². The van der Waals surface area contributed by atoms with Crippen molar-refractivity contribution in [1.82, 2.24) is 0 Å². The Balaban J connectivity index is 1.32. The SMILES string of the molecule is C=Cc1ccc(-c2ccc(-c3ccc(/C=C/C4=CCC(C5CO5)C(F)=C4)cc3)c(F)c2F)cc1. The van der Waals surface area contributed by atoms with Crippen molar-refractivity contribution in [3.8, 4) is 22.3 Å². The number of ether oxygens (including phenoxy) is 1. The molecule has 3 aromatic carbocycles. The maximum atomic E-state index is 14.9. The van der Waals surface area contributed by atoms with E-state index in [2.05, 4.69) is 6.58 Å². The predicted octanol–water partition coefficient (Wildman–Crippen LogP) is 8.15. The summed E-state index contributed by atoms with van der Waals surface area (Å²) in [5.74, 6) is -2.06. The van der Waals surface area contributed by atoms with Gasteiger partial charge in [0.1, 0.15) is 5.83 Å². The lowest BCUT2D eigenvalue weighted by Crippen LogP contribution is -2.11. The van der Waals surface area contributed by atoms with Gasteiger partial charge in [-0.1, -0.05) is 91.5 Å². The third-order valence-electron chi connectivity index (χ3n) is 6.30. The highest BCUT2D eigenvalue weighted by molar-refractivity contribution is 5.73. The van der Waals surface area contributed by atoms with Crippen LogP contribution in [0.2, 0.25) is 0 Å². The van der Waals surface area contributed by atoms with E-state index in [1.165, 1.54) is 0 Å². The first-order valence-electron chi connectivity index (χ1n) is 11.2. The second-order valence-corrected chi connectivity index (χ2v) is 8.52. The monoisotopic (exact) mass is 456 g/mol. The van der Waals surface area contributed by atoms with Gasteiger partial charge >= 0.3 is 0 Å². The average Bonchev–Trinajstić information content (AvgIpc) is 3.70. The van der Waals surface area contributed by atoms with Crippen molar-refractivity contribution >= 4 is 12.2 Å². The first kappa shape index (κ1) is 22.2. The Morgan fingerprint density at radius 2 is 1.32 bits per heavy atom. The van der Waals surface area contributed by atoms with Crippen molar-refractivity contribution in [2.75, 3.05) is 6.61 Å². The van der Waals surface area contributed by atoms with Crippen LogP contribution >= 0.6 is 0 Å². The van der Waals surface area contributed by atoms with Crippen LogP contribution in [-0.2, 0) is 4.74 Å². The number of halogens is 3. The smallest absolute Gasteiger partial charge is 0.167 e. The molecule has 34 heavy (non-hydrogen) atoms. The minimum atomic E-state index is -0.879. The van der Waals surface area contributed by atoms with Crippen LogP contribution in [0.1, 0.15) is 17.5 Å². The second kappa shape index (κ2) is 9.32. The first-order chi connectivity index (χ1) is 16.5. The standard InChI is InChI=1S/C30H23F3O/c1-2-19-5-10-22(11-6-19)24-15-16-25(30(33)29(24)32)23-12-7-20(8-13-23)3-4-21-9-14-26(27(31)17-21)28-18-34-28/h2-13,15-17,26,28H,1,14,18H2/b4-3+. The van der Waals surface area contributed by atoms with Crippen molar-refractivity contribution in [2.45, 2.75) is 12.5 Å². The third kappa shape index (κ3) is 4.55. The van der Waals surface area contributed by atoms with E-state index in [0.717, 1.165) is 16.7 Å². The van der Waals surface area contributed by atoms with Gasteiger partial charge in [0.2, 0.25) is 0 Å². The predicted molar refractivity (Wildman–Crippen MR) is 131 cm³/mol. The van der Waals surface area contributed by atoms with E-state index >= 15 is 0 Å². The molecule has 3 aromatic rings. The number of allylic oxidation sites excluding steroid dienone is 4. The van der Waals surface area contributed by atoms with Crippen LogP contribution in [0.25, 0.3) is 34.4 Å². The molecule has 1 saturated heterocycles. The van der Waals surface area contributed by atoms with E-state index in [1.807, 2.05) is 42.5 Å². The van der Waals surface area contributed by atoms with Gasteiger partial charge in [-0.3, -0.25) is 0 Å². The Morgan fingerprint density at radius 1 is 0.765 bits per heavy atom. The molecule has 2 unspecified atom stereocenters. The van der Waals surface area contributed by atoms with Gasteiger partial charge in [-0.05, 0) is 40.3 Å². The molecule has 5 rings (SSSR count). The van der Waals surface area contributed by atoms with E-state index in [4.69, 9.17) is 4.74 Å². The van der Waals surface area contributed by atoms with Gasteiger partial charge in [0.15, 0.2) is 11.6 Å². The maximum Gasteiger partial charge on any atom is 0.167 e. The van der Waals surface area contributed by atoms with Gasteiger partial charge in [0, 0.05) is 17.0 Å². The third-order valence-corrected chi connectivity index (χ3v) is 6.30. The molecule has 1 aliphatic heterocycles. The molecule has 4 heteroatoms. The highest BCUT2D eigenvalue weighted by atomic mass is 19.2. The Kier molecular flexibility index (Phi) is 6.08. The molecule has 0 spiro atoms. The number of hydrogen-bond acceptors (Lipinski definition) is 1. The fourth-order valence-corrected chi connectivity index (χ4v) is 4.19. The summed E-state index contributed by atoms with van der Waals surface area (Å²) in [6, 6.07) is 17.5. The zero-order valence-corrected chi connectivity index (χ0v) is 18.5. The lowest BCUT2D eigenvalue weighted by Gasteiger charge is -2.15. The molecule has 2 aliphatic rings. The Labute approximate surface area is 197 Å². The van der Waals surface area contributed by atoms with Crippen LogP contribution in [0, 0.1) is 17.6 Å². The summed E-state index contributed by atoms with van der Waals surface area (Å²) in [5.41, 5.74) is 4.20. The number of benzene rings is 3. The zero-order valence-electron chi connectivity index (χ0n) is 18.5. The average molecular weight is 457 g/mol. The summed E-state index contributed by atoms with van der Waals surface area (Å²) in [6.07, 6.45) is 9.62. The highest BCUT2D eigenvalue weighted by Gasteiger charge is 2.36. The number of hydrogen-bond donors (Lipinski definition) is 0. The van der Waals surface area contributed by atoms with Gasteiger partial charge in [-0.2, -0.15) is 0 Å². The molecule has 0 amide bonds. The van der Waals surface area contributed by atoms with Crippen molar-refractivity contribution in [3.05, 3.63) is 120 Å². The molecule has 1 fully saturated rings. The Hall–Kier alpha value is -3.63. The fraction of sp³-hybridized carbons (Fsp3) is 0.133. The highest BCUT2D eigenvalue weighted by Crippen LogP contribution is 2.35. The zero-order chi connectivity index (χ0) is 23.7. The van der Waals surface area contributed by atoms with Gasteiger partial charge in [0.05, 0.1) is 12.7 Å². The lowest BCUT2D eigenvalue weighted by atomic mass is 9.92. The lowest BCUT2D eigenvalue weighted by molar-refractivity contribution is 0.322. The summed E-state index contributed by atoms with van der Waals surface area (Å²) in [4.78, 5) is 0. The largest absolute Gasteiger partial charge is 0.372 e. The summed E-state index contributed by atoms with van der Waals surface area (Å²) in [5, 5.41) is 0. The van der Waals surface area contributed by atoms with Crippen molar-refractivity contribution in [1.29, 1.82) is 0 Å². The summed E-state index contributed by atoms with van der Waals surface area (Å²) in [6.45, 7) is 4.33. The minimum absolute atomic E-state index is 0.0164. The summed E-state index contributed by atoms with van der Waals surface area (Å²) >= 11 is 0. The molecule has 0 saturated carbocycles. The van der Waals surface area contributed by atoms with E-state index in [-0.39, 0.29) is 29.0 Å². The quantitative estimate of drug-likeness (QED) is 0.341. The maximum absolute atomic E-state index is 14.9. The van der Waals surface area contributed by atoms with Gasteiger partial charge < -0.3 is 4.74 Å². The van der Waals surface area contributed by atoms with Gasteiger partial charge in [0.25, 0.3) is 0 Å². The second-order valence-electron chi connectivity index (χ2n) is 8.52. The minimum Gasteiger partial charge on any atom is -0.372 e. The Bertz CT molecular complexity index is 1310. The molecule has 0 N–H and O–H groups in total.